The monoisotopic (exact) mass is 343 g/mol. The average molecular weight is 344 g/mol. The third-order valence-electron chi connectivity index (χ3n) is 2.33. The van der Waals surface area contributed by atoms with E-state index in [4.69, 9.17) is 0 Å². The zero-order valence-electron chi connectivity index (χ0n) is 9.84. The molecule has 2 aromatic heterocycles. The number of H-pyrrole nitrogens is 1. The van der Waals surface area contributed by atoms with Gasteiger partial charge in [-0.3, -0.25) is 9.52 Å². The zero-order chi connectivity index (χ0) is 14.0. The summed E-state index contributed by atoms with van der Waals surface area (Å²) in [6, 6.07) is 4.04. The van der Waals surface area contributed by atoms with Gasteiger partial charge in [-0.25, -0.2) is 13.4 Å². The number of sulfonamides is 1. The van der Waals surface area contributed by atoms with E-state index in [0.29, 0.717) is 10.3 Å². The highest BCUT2D eigenvalue weighted by Gasteiger charge is 2.14. The van der Waals surface area contributed by atoms with E-state index in [-0.39, 0.29) is 10.5 Å². The Hall–Kier alpha value is -1.67. The molecule has 2 aromatic rings. The molecule has 0 saturated heterocycles. The summed E-state index contributed by atoms with van der Waals surface area (Å²) in [5.74, 6) is 0. The minimum Gasteiger partial charge on any atom is -0.328 e. The highest BCUT2D eigenvalue weighted by Crippen LogP contribution is 2.19. The van der Waals surface area contributed by atoms with E-state index in [0.717, 1.165) is 17.8 Å². The zero-order valence-corrected chi connectivity index (χ0v) is 12.2. The summed E-state index contributed by atoms with van der Waals surface area (Å²) in [6.45, 7) is 1.80. The largest absolute Gasteiger partial charge is 0.328 e. The Morgan fingerprint density at radius 3 is 2.68 bits per heavy atom. The van der Waals surface area contributed by atoms with Gasteiger partial charge in [0.05, 0.1) is 11.9 Å². The van der Waals surface area contributed by atoms with E-state index in [1.165, 1.54) is 12.3 Å². The van der Waals surface area contributed by atoms with Crippen LogP contribution < -0.4 is 10.3 Å². The van der Waals surface area contributed by atoms with Gasteiger partial charge < -0.3 is 4.98 Å². The number of hydrogen-bond acceptors (Lipinski definition) is 4. The number of pyridine rings is 2. The van der Waals surface area contributed by atoms with Crippen molar-refractivity contribution in [3.05, 3.63) is 51.1 Å². The van der Waals surface area contributed by atoms with Crippen molar-refractivity contribution in [1.29, 1.82) is 0 Å². The molecule has 0 atom stereocenters. The van der Waals surface area contributed by atoms with Crippen LogP contribution in [0.4, 0.5) is 5.69 Å². The molecule has 0 aliphatic rings. The molecular weight excluding hydrogens is 334 g/mol. The first kappa shape index (κ1) is 13.8. The van der Waals surface area contributed by atoms with Crippen molar-refractivity contribution in [3.8, 4) is 0 Å². The second kappa shape index (κ2) is 5.14. The van der Waals surface area contributed by atoms with Crippen LogP contribution in [0.2, 0.25) is 0 Å². The first-order valence-electron chi connectivity index (χ1n) is 5.22. The van der Waals surface area contributed by atoms with Crippen LogP contribution in [0.5, 0.6) is 0 Å². The molecule has 0 saturated carbocycles. The number of nitrogens with one attached hydrogen (secondary N) is 2. The summed E-state index contributed by atoms with van der Waals surface area (Å²) >= 11 is 3.23. The lowest BCUT2D eigenvalue weighted by atomic mass is 10.3. The van der Waals surface area contributed by atoms with E-state index in [2.05, 4.69) is 30.6 Å². The van der Waals surface area contributed by atoms with Gasteiger partial charge >= 0.3 is 0 Å². The minimum atomic E-state index is -3.74. The highest BCUT2D eigenvalue weighted by atomic mass is 79.9. The fourth-order valence-corrected chi connectivity index (χ4v) is 2.61. The number of aryl methyl sites for hydroxylation is 1. The standard InChI is InChI=1S/C11H10BrN3O3S/c1-7-4-8(5-14-11(7)12)15-19(17,18)9-2-3-10(16)13-6-9/h2-6,15H,1H3,(H,13,16). The predicted molar refractivity (Wildman–Crippen MR) is 74.5 cm³/mol. The fourth-order valence-electron chi connectivity index (χ4n) is 1.39. The summed E-state index contributed by atoms with van der Waals surface area (Å²) < 4.78 is 27.1. The number of anilines is 1. The second-order valence-electron chi connectivity index (χ2n) is 3.83. The number of halogens is 1. The van der Waals surface area contributed by atoms with Gasteiger partial charge in [0, 0.05) is 12.3 Å². The Morgan fingerprint density at radius 1 is 1.37 bits per heavy atom. The molecule has 0 unspecified atom stereocenters. The van der Waals surface area contributed by atoms with Gasteiger partial charge in [0.25, 0.3) is 10.0 Å². The van der Waals surface area contributed by atoms with Crippen LogP contribution >= 0.6 is 15.9 Å². The third-order valence-corrected chi connectivity index (χ3v) is 4.54. The molecule has 6 nitrogen and oxygen atoms in total. The Morgan fingerprint density at radius 2 is 2.11 bits per heavy atom. The fraction of sp³-hybridized carbons (Fsp3) is 0.0909. The molecule has 19 heavy (non-hydrogen) atoms. The maximum Gasteiger partial charge on any atom is 0.263 e. The van der Waals surface area contributed by atoms with Crippen molar-refractivity contribution >= 4 is 31.6 Å². The van der Waals surface area contributed by atoms with Crippen LogP contribution in [0.25, 0.3) is 0 Å². The molecule has 0 aliphatic heterocycles. The number of rotatable bonds is 3. The average Bonchev–Trinajstić information content (AvgIpc) is 2.34. The molecule has 8 heteroatoms. The van der Waals surface area contributed by atoms with Gasteiger partial charge in [-0.2, -0.15) is 0 Å². The Kier molecular flexibility index (Phi) is 3.72. The van der Waals surface area contributed by atoms with Crippen LogP contribution in [0, 0.1) is 6.92 Å². The van der Waals surface area contributed by atoms with Crippen LogP contribution in [0.3, 0.4) is 0 Å². The van der Waals surface area contributed by atoms with Crippen molar-refractivity contribution in [2.75, 3.05) is 4.72 Å². The minimum absolute atomic E-state index is 0.0207. The summed E-state index contributed by atoms with van der Waals surface area (Å²) in [5.41, 5.74) is 0.800. The quantitative estimate of drug-likeness (QED) is 0.828. The lowest BCUT2D eigenvalue weighted by Gasteiger charge is -2.08. The van der Waals surface area contributed by atoms with Crippen LogP contribution in [0.1, 0.15) is 5.56 Å². The van der Waals surface area contributed by atoms with Crippen LogP contribution in [-0.4, -0.2) is 18.4 Å². The lowest BCUT2D eigenvalue weighted by Crippen LogP contribution is -2.15. The molecule has 2 heterocycles. The molecule has 0 bridgehead atoms. The first-order valence-corrected chi connectivity index (χ1v) is 7.50. The van der Waals surface area contributed by atoms with Gasteiger partial charge in [-0.05, 0) is 40.5 Å². The maximum absolute atomic E-state index is 12.0. The van der Waals surface area contributed by atoms with E-state index in [9.17, 15) is 13.2 Å². The lowest BCUT2D eigenvalue weighted by molar-refractivity contribution is 0.600. The van der Waals surface area contributed by atoms with Crippen molar-refractivity contribution in [3.63, 3.8) is 0 Å². The first-order chi connectivity index (χ1) is 8.88. The van der Waals surface area contributed by atoms with Gasteiger partial charge in [0.2, 0.25) is 5.56 Å². The maximum atomic E-state index is 12.0. The predicted octanol–water partition coefficient (Wildman–Crippen LogP) is 1.64. The summed E-state index contributed by atoms with van der Waals surface area (Å²) in [4.78, 5) is 17.2. The van der Waals surface area contributed by atoms with Crippen LogP contribution in [0.15, 0.2) is 44.9 Å². The van der Waals surface area contributed by atoms with Crippen molar-refractivity contribution in [1.82, 2.24) is 9.97 Å². The van der Waals surface area contributed by atoms with Gasteiger partial charge in [-0.15, -0.1) is 0 Å². The van der Waals surface area contributed by atoms with Gasteiger partial charge in [-0.1, -0.05) is 0 Å². The van der Waals surface area contributed by atoms with Crippen molar-refractivity contribution in [2.24, 2.45) is 0 Å². The Balaban J connectivity index is 2.33. The number of hydrogen-bond donors (Lipinski definition) is 2. The van der Waals surface area contributed by atoms with E-state index in [1.807, 2.05) is 0 Å². The molecule has 100 valence electrons. The molecule has 0 aliphatic carbocycles. The van der Waals surface area contributed by atoms with E-state index in [1.54, 1.807) is 13.0 Å². The van der Waals surface area contributed by atoms with Crippen LogP contribution in [-0.2, 0) is 10.0 Å². The van der Waals surface area contributed by atoms with E-state index < -0.39 is 10.0 Å². The number of aromatic amines is 1. The molecule has 2 rings (SSSR count). The molecule has 2 N–H and O–H groups in total. The van der Waals surface area contributed by atoms with Gasteiger partial charge in [0.1, 0.15) is 9.50 Å². The molecular formula is C11H10BrN3O3S. The molecule has 0 spiro atoms. The summed E-state index contributed by atoms with van der Waals surface area (Å²) in [7, 11) is -3.74. The normalized spacial score (nSPS) is 11.3. The molecule has 0 amide bonds. The van der Waals surface area contributed by atoms with Crippen molar-refractivity contribution in [2.45, 2.75) is 11.8 Å². The van der Waals surface area contributed by atoms with Crippen molar-refractivity contribution < 1.29 is 8.42 Å². The summed E-state index contributed by atoms with van der Waals surface area (Å²) in [6.07, 6.45) is 2.55. The molecule has 0 radical (unpaired) electrons. The van der Waals surface area contributed by atoms with E-state index >= 15 is 0 Å². The second-order valence-corrected chi connectivity index (χ2v) is 6.26. The van der Waals surface area contributed by atoms with Gasteiger partial charge in [0.15, 0.2) is 0 Å². The Labute approximate surface area is 118 Å². The summed E-state index contributed by atoms with van der Waals surface area (Å²) in [5, 5.41) is 0. The number of aromatic nitrogens is 2. The highest BCUT2D eigenvalue weighted by molar-refractivity contribution is 9.10. The topological polar surface area (TPSA) is 91.9 Å². The SMILES string of the molecule is Cc1cc(NS(=O)(=O)c2ccc(=O)[nH]c2)cnc1Br. The molecule has 0 aromatic carbocycles. The molecule has 0 fully saturated rings. The smallest absolute Gasteiger partial charge is 0.263 e. The number of nitrogens with zero attached hydrogens (tertiary/aromatic N) is 1. The third kappa shape index (κ3) is 3.21. The Bertz CT molecular complexity index is 751.